The van der Waals surface area contributed by atoms with E-state index in [0.29, 0.717) is 24.4 Å². The van der Waals surface area contributed by atoms with Crippen LogP contribution in [-0.4, -0.2) is 17.4 Å². The molecule has 5 heteroatoms. The first-order valence-corrected chi connectivity index (χ1v) is 5.43. The van der Waals surface area contributed by atoms with E-state index in [9.17, 15) is 4.79 Å². The molecule has 0 atom stereocenters. The fourth-order valence-electron chi connectivity index (χ4n) is 1.34. The number of benzene rings is 1. The zero-order valence-electron chi connectivity index (χ0n) is 8.90. The van der Waals surface area contributed by atoms with E-state index in [4.69, 9.17) is 23.7 Å². The number of nitrogens with one attached hydrogen (secondary N) is 1. The van der Waals surface area contributed by atoms with Gasteiger partial charge >= 0.3 is 0 Å². The fraction of sp³-hybridized carbons (Fsp3) is 0.273. The molecule has 86 valence electrons. The molecule has 1 aromatic rings. The summed E-state index contributed by atoms with van der Waals surface area (Å²) in [5.41, 5.74) is 12.3. The number of hydrogen-bond donors (Lipinski definition) is 3. The highest BCUT2D eigenvalue weighted by atomic mass is 32.1. The topological polar surface area (TPSA) is 81.1 Å². The molecular formula is C11H15N3OS. The van der Waals surface area contributed by atoms with Crippen LogP contribution in [0, 0.1) is 0 Å². The van der Waals surface area contributed by atoms with Crippen molar-refractivity contribution in [1.29, 1.82) is 0 Å². The first kappa shape index (κ1) is 12.4. The lowest BCUT2D eigenvalue weighted by atomic mass is 10.1. The van der Waals surface area contributed by atoms with E-state index >= 15 is 0 Å². The lowest BCUT2D eigenvalue weighted by molar-refractivity contribution is -0.118. The molecule has 0 spiro atoms. The number of hydrogen-bond acceptors (Lipinski definition) is 3. The third-order valence-corrected chi connectivity index (χ3v) is 2.33. The molecule has 0 aliphatic rings. The third kappa shape index (κ3) is 3.86. The Hall–Kier alpha value is -1.62. The number of thiocarbonyl (C=S) groups is 1. The van der Waals surface area contributed by atoms with Crippen LogP contribution >= 0.6 is 12.2 Å². The number of rotatable bonds is 6. The molecule has 16 heavy (non-hydrogen) atoms. The minimum absolute atomic E-state index is 0.288. The van der Waals surface area contributed by atoms with E-state index < -0.39 is 0 Å². The SMILES string of the molecule is NC(=O)CCCNc1ccccc1C(N)=S. The standard InChI is InChI=1S/C11H15N3OS/c12-10(15)6-3-7-14-9-5-2-1-4-8(9)11(13)16/h1-2,4-5,14H,3,6-7H2,(H2,12,15)(H2,13,16). The Labute approximate surface area is 100 Å². The first-order chi connectivity index (χ1) is 7.61. The lowest BCUT2D eigenvalue weighted by Gasteiger charge is -2.10. The van der Waals surface area contributed by atoms with E-state index in [1.807, 2.05) is 24.3 Å². The summed E-state index contributed by atoms with van der Waals surface area (Å²) in [6.45, 7) is 0.669. The van der Waals surface area contributed by atoms with E-state index in [-0.39, 0.29) is 5.91 Å². The predicted octanol–water partition coefficient (Wildman–Crippen LogP) is 0.998. The second kappa shape index (κ2) is 6.07. The maximum atomic E-state index is 10.5. The van der Waals surface area contributed by atoms with E-state index in [1.165, 1.54) is 0 Å². The number of amides is 1. The van der Waals surface area contributed by atoms with Crippen LogP contribution in [-0.2, 0) is 4.79 Å². The molecule has 1 amide bonds. The van der Waals surface area contributed by atoms with Crippen molar-refractivity contribution in [3.8, 4) is 0 Å². The van der Waals surface area contributed by atoms with Crippen LogP contribution in [0.15, 0.2) is 24.3 Å². The summed E-state index contributed by atoms with van der Waals surface area (Å²) in [4.78, 5) is 10.9. The molecular weight excluding hydrogens is 222 g/mol. The molecule has 0 saturated carbocycles. The van der Waals surface area contributed by atoms with Gasteiger partial charge in [-0.05, 0) is 18.6 Å². The molecule has 0 bridgehead atoms. The van der Waals surface area contributed by atoms with Crippen LogP contribution in [0.3, 0.4) is 0 Å². The van der Waals surface area contributed by atoms with Gasteiger partial charge in [-0.3, -0.25) is 4.79 Å². The monoisotopic (exact) mass is 237 g/mol. The largest absolute Gasteiger partial charge is 0.389 e. The second-order valence-corrected chi connectivity index (χ2v) is 3.85. The summed E-state index contributed by atoms with van der Waals surface area (Å²) in [5, 5.41) is 3.17. The zero-order chi connectivity index (χ0) is 12.0. The number of para-hydroxylation sites is 1. The molecule has 0 aromatic heterocycles. The van der Waals surface area contributed by atoms with Gasteiger partial charge in [0.15, 0.2) is 0 Å². The predicted molar refractivity (Wildman–Crippen MR) is 69.2 cm³/mol. The van der Waals surface area contributed by atoms with Gasteiger partial charge in [-0.1, -0.05) is 24.4 Å². The van der Waals surface area contributed by atoms with Crippen molar-refractivity contribution in [3.63, 3.8) is 0 Å². The average molecular weight is 237 g/mol. The molecule has 0 saturated heterocycles. The van der Waals surface area contributed by atoms with Gasteiger partial charge in [-0.15, -0.1) is 0 Å². The second-order valence-electron chi connectivity index (χ2n) is 3.41. The minimum Gasteiger partial charge on any atom is -0.389 e. The van der Waals surface area contributed by atoms with Crippen molar-refractivity contribution in [1.82, 2.24) is 0 Å². The van der Waals surface area contributed by atoms with Gasteiger partial charge in [0, 0.05) is 24.2 Å². The maximum absolute atomic E-state index is 10.5. The molecule has 0 radical (unpaired) electrons. The van der Waals surface area contributed by atoms with E-state index in [1.54, 1.807) is 0 Å². The maximum Gasteiger partial charge on any atom is 0.217 e. The molecule has 0 fully saturated rings. The lowest BCUT2D eigenvalue weighted by Crippen LogP contribution is -2.15. The Kier molecular flexibility index (Phi) is 4.72. The molecule has 0 aliphatic carbocycles. The van der Waals surface area contributed by atoms with Crippen molar-refractivity contribution >= 4 is 28.8 Å². The molecule has 1 rings (SSSR count). The summed E-state index contributed by atoms with van der Waals surface area (Å²) in [7, 11) is 0. The molecule has 0 heterocycles. The van der Waals surface area contributed by atoms with Gasteiger partial charge in [0.25, 0.3) is 0 Å². The van der Waals surface area contributed by atoms with Crippen LogP contribution in [0.25, 0.3) is 0 Å². The Morgan fingerprint density at radius 1 is 1.31 bits per heavy atom. The molecule has 0 unspecified atom stereocenters. The summed E-state index contributed by atoms with van der Waals surface area (Å²) >= 11 is 4.93. The van der Waals surface area contributed by atoms with Crippen molar-refractivity contribution in [2.24, 2.45) is 11.5 Å². The smallest absolute Gasteiger partial charge is 0.217 e. The van der Waals surface area contributed by atoms with Gasteiger partial charge in [-0.2, -0.15) is 0 Å². The van der Waals surface area contributed by atoms with Crippen LogP contribution in [0.5, 0.6) is 0 Å². The Morgan fingerprint density at radius 3 is 2.62 bits per heavy atom. The summed E-state index contributed by atoms with van der Waals surface area (Å²) in [6.07, 6.45) is 1.07. The molecule has 4 nitrogen and oxygen atoms in total. The van der Waals surface area contributed by atoms with Crippen molar-refractivity contribution in [2.75, 3.05) is 11.9 Å². The molecule has 5 N–H and O–H groups in total. The zero-order valence-corrected chi connectivity index (χ0v) is 9.72. The number of primary amides is 1. The van der Waals surface area contributed by atoms with Gasteiger partial charge < -0.3 is 16.8 Å². The summed E-state index contributed by atoms with van der Waals surface area (Å²) in [6, 6.07) is 7.54. The van der Waals surface area contributed by atoms with Crippen molar-refractivity contribution in [2.45, 2.75) is 12.8 Å². The minimum atomic E-state index is -0.288. The van der Waals surface area contributed by atoms with Crippen molar-refractivity contribution < 1.29 is 4.79 Å². The summed E-state index contributed by atoms with van der Waals surface area (Å²) in [5.74, 6) is -0.288. The quantitative estimate of drug-likeness (QED) is 0.509. The van der Waals surface area contributed by atoms with Gasteiger partial charge in [0.2, 0.25) is 5.91 Å². The third-order valence-electron chi connectivity index (χ3n) is 2.11. The Morgan fingerprint density at radius 2 is 2.00 bits per heavy atom. The number of anilines is 1. The highest BCUT2D eigenvalue weighted by Gasteiger charge is 2.03. The van der Waals surface area contributed by atoms with Crippen LogP contribution in [0.4, 0.5) is 5.69 Å². The fourth-order valence-corrected chi connectivity index (χ4v) is 1.52. The van der Waals surface area contributed by atoms with E-state index in [2.05, 4.69) is 5.32 Å². The van der Waals surface area contributed by atoms with E-state index in [0.717, 1.165) is 11.3 Å². The van der Waals surface area contributed by atoms with Gasteiger partial charge in [0.05, 0.1) is 0 Å². The normalized spacial score (nSPS) is 9.75. The Balaban J connectivity index is 2.53. The number of nitrogens with two attached hydrogens (primary N) is 2. The van der Waals surface area contributed by atoms with Gasteiger partial charge in [-0.25, -0.2) is 0 Å². The average Bonchev–Trinajstić information content (AvgIpc) is 2.24. The van der Waals surface area contributed by atoms with Crippen LogP contribution in [0.2, 0.25) is 0 Å². The number of carbonyl (C=O) groups is 1. The molecule has 0 aliphatic heterocycles. The van der Waals surface area contributed by atoms with Crippen molar-refractivity contribution in [3.05, 3.63) is 29.8 Å². The highest BCUT2D eigenvalue weighted by Crippen LogP contribution is 2.14. The number of carbonyl (C=O) groups excluding carboxylic acids is 1. The Bertz CT molecular complexity index is 393. The summed E-state index contributed by atoms with van der Waals surface area (Å²) < 4.78 is 0. The van der Waals surface area contributed by atoms with Crippen LogP contribution in [0.1, 0.15) is 18.4 Å². The molecule has 1 aromatic carbocycles. The van der Waals surface area contributed by atoms with Gasteiger partial charge in [0.1, 0.15) is 4.99 Å². The van der Waals surface area contributed by atoms with Crippen LogP contribution < -0.4 is 16.8 Å². The highest BCUT2D eigenvalue weighted by molar-refractivity contribution is 7.80. The first-order valence-electron chi connectivity index (χ1n) is 5.02.